The number of pyridine rings is 1. The molecule has 1 N–H and O–H groups in total. The zero-order valence-electron chi connectivity index (χ0n) is 21.2. The maximum Gasteiger partial charge on any atom is 0.137 e. The van der Waals surface area contributed by atoms with Gasteiger partial charge in [0.25, 0.3) is 0 Å². The van der Waals surface area contributed by atoms with Crippen molar-refractivity contribution in [2.45, 2.75) is 31.7 Å². The Labute approximate surface area is 205 Å². The first-order valence-electron chi connectivity index (χ1n) is 12.0. The third-order valence-corrected chi connectivity index (χ3v) is 6.00. The van der Waals surface area contributed by atoms with E-state index in [1.54, 1.807) is 30.5 Å². The summed E-state index contributed by atoms with van der Waals surface area (Å²) in [5, 5.41) is 16.4. The number of hydrogen-bond donors (Lipinski definition) is 1. The summed E-state index contributed by atoms with van der Waals surface area (Å²) in [6.07, 6.45) is 4.10. The second-order valence-electron chi connectivity index (χ2n) is 8.00. The predicted octanol–water partition coefficient (Wildman–Crippen LogP) is 4.68. The van der Waals surface area contributed by atoms with Gasteiger partial charge in [-0.2, -0.15) is 5.10 Å². The number of aromatic nitrogens is 4. The van der Waals surface area contributed by atoms with Crippen molar-refractivity contribution in [2.24, 2.45) is 0 Å². The van der Waals surface area contributed by atoms with Crippen LogP contribution in [0.15, 0.2) is 73.4 Å². The van der Waals surface area contributed by atoms with Crippen molar-refractivity contribution in [1.29, 1.82) is 0 Å². The fourth-order valence-electron chi connectivity index (χ4n) is 3.75. The number of aliphatic hydroxyl groups is 1. The number of likely N-dealkylation sites (N-methyl/N-ethyl adjacent to an activating group) is 1. The van der Waals surface area contributed by atoms with E-state index in [-0.39, 0.29) is 18.7 Å². The molecule has 0 spiro atoms. The molecule has 0 aliphatic heterocycles. The second-order valence-corrected chi connectivity index (χ2v) is 8.44. The molecule has 0 bridgehead atoms. The van der Waals surface area contributed by atoms with Crippen LogP contribution in [0, 0.1) is 11.6 Å². The quantitative estimate of drug-likeness (QED) is 0.391. The molecule has 176 valence electrons. The lowest BCUT2D eigenvalue weighted by Gasteiger charge is -2.39. The van der Waals surface area contributed by atoms with Crippen LogP contribution in [0.3, 0.4) is 0 Å². The van der Waals surface area contributed by atoms with Crippen LogP contribution >= 0.6 is 11.6 Å². The van der Waals surface area contributed by atoms with E-state index in [2.05, 4.69) is 15.1 Å². The number of halogens is 3. The van der Waals surface area contributed by atoms with Crippen LogP contribution in [0.25, 0.3) is 11.3 Å². The molecule has 0 saturated heterocycles. The van der Waals surface area contributed by atoms with Crippen LogP contribution in [-0.4, -0.2) is 42.8 Å². The molecule has 0 unspecified atom stereocenters. The smallest absolute Gasteiger partial charge is 0.137 e. The number of benzene rings is 2. The third-order valence-electron chi connectivity index (χ3n) is 5.74. The van der Waals surface area contributed by atoms with Gasteiger partial charge in [-0.05, 0) is 43.7 Å². The predicted molar refractivity (Wildman–Crippen MR) is 126 cm³/mol. The third kappa shape index (κ3) is 5.14. The summed E-state index contributed by atoms with van der Waals surface area (Å²) >= 11 is 5.95. The Morgan fingerprint density at radius 3 is 2.59 bits per heavy atom. The SMILES string of the molecule is [2H]C([2H])([2H])N(Cc1ccc(-c2ccc(Cl)cc2)nc1)[C@H](C)[C@](O)(Cn1cncn1)c1ccc(F)cc1F. The average molecular weight is 487 g/mol. The first kappa shape index (κ1) is 20.2. The number of hydrogen-bond acceptors (Lipinski definition) is 5. The van der Waals surface area contributed by atoms with E-state index in [1.807, 2.05) is 12.1 Å². The highest BCUT2D eigenvalue weighted by Crippen LogP contribution is 2.33. The van der Waals surface area contributed by atoms with E-state index in [9.17, 15) is 13.9 Å². The van der Waals surface area contributed by atoms with Crippen molar-refractivity contribution in [3.05, 3.63) is 101 Å². The molecule has 2 aromatic heterocycles. The summed E-state index contributed by atoms with van der Waals surface area (Å²) in [6.45, 7) is -1.66. The highest BCUT2D eigenvalue weighted by atomic mass is 35.5. The van der Waals surface area contributed by atoms with Gasteiger partial charge in [0.05, 0.1) is 12.2 Å². The van der Waals surface area contributed by atoms with Gasteiger partial charge in [-0.1, -0.05) is 35.9 Å². The fourth-order valence-corrected chi connectivity index (χ4v) is 3.87. The standard InChI is InChI=1S/C25H24ClF2N5O/c1-17(25(34,14-33-16-29-15-31-33)22-9-8-21(27)11-23(22)28)32(2)13-18-3-10-24(30-12-18)19-4-6-20(26)7-5-19/h3-12,15-17,34H,13-14H2,1-2H3/t17-,25-/m1/s1/i2D3. The van der Waals surface area contributed by atoms with Crippen LogP contribution in [0.1, 0.15) is 22.2 Å². The summed E-state index contributed by atoms with van der Waals surface area (Å²) < 4.78 is 54.4. The molecule has 0 amide bonds. The molecule has 4 rings (SSSR count). The molecule has 0 fully saturated rings. The van der Waals surface area contributed by atoms with E-state index < -0.39 is 30.3 Å². The number of nitrogens with zero attached hydrogens (tertiary/aromatic N) is 5. The highest BCUT2D eigenvalue weighted by molar-refractivity contribution is 6.30. The summed E-state index contributed by atoms with van der Waals surface area (Å²) in [5.41, 5.74) is -0.307. The Hall–Kier alpha value is -3.20. The molecule has 9 heteroatoms. The van der Waals surface area contributed by atoms with Crippen molar-refractivity contribution in [1.82, 2.24) is 24.6 Å². The molecule has 34 heavy (non-hydrogen) atoms. The maximum absolute atomic E-state index is 14.9. The van der Waals surface area contributed by atoms with E-state index in [1.165, 1.54) is 24.3 Å². The summed E-state index contributed by atoms with van der Waals surface area (Å²) in [7, 11) is 0. The minimum Gasteiger partial charge on any atom is -0.381 e. The molecule has 2 aromatic carbocycles. The molecule has 0 aliphatic carbocycles. The molecular weight excluding hydrogens is 460 g/mol. The number of rotatable bonds is 8. The van der Waals surface area contributed by atoms with Crippen LogP contribution < -0.4 is 0 Å². The van der Waals surface area contributed by atoms with Gasteiger partial charge in [-0.15, -0.1) is 0 Å². The van der Waals surface area contributed by atoms with E-state index in [0.717, 1.165) is 22.6 Å². The lowest BCUT2D eigenvalue weighted by atomic mass is 9.85. The first-order chi connectivity index (χ1) is 17.5. The maximum atomic E-state index is 14.9. The Kier molecular flexibility index (Phi) is 5.92. The average Bonchev–Trinajstić information content (AvgIpc) is 3.35. The van der Waals surface area contributed by atoms with Crippen LogP contribution in [0.5, 0.6) is 0 Å². The van der Waals surface area contributed by atoms with E-state index >= 15 is 0 Å². The summed E-state index contributed by atoms with van der Waals surface area (Å²) in [4.78, 5) is 9.36. The second kappa shape index (κ2) is 9.97. The minimum atomic E-state index is -2.68. The van der Waals surface area contributed by atoms with Gasteiger partial charge in [0.1, 0.15) is 29.9 Å². The zero-order chi connectivity index (χ0) is 26.8. The highest BCUT2D eigenvalue weighted by Gasteiger charge is 2.41. The molecule has 4 aromatic rings. The summed E-state index contributed by atoms with van der Waals surface area (Å²) in [6, 6.07) is 12.2. The van der Waals surface area contributed by atoms with Crippen LogP contribution in [0.2, 0.25) is 5.02 Å². The van der Waals surface area contributed by atoms with Crippen molar-refractivity contribution >= 4 is 11.6 Å². The van der Waals surface area contributed by atoms with Crippen LogP contribution in [-0.2, 0) is 18.7 Å². The normalized spacial score (nSPS) is 15.9. The molecule has 0 aliphatic rings. The van der Waals surface area contributed by atoms with E-state index in [4.69, 9.17) is 15.7 Å². The molecule has 0 radical (unpaired) electrons. The van der Waals surface area contributed by atoms with Gasteiger partial charge in [-0.25, -0.2) is 18.4 Å². The van der Waals surface area contributed by atoms with Gasteiger partial charge in [0.2, 0.25) is 0 Å². The lowest BCUT2D eigenvalue weighted by Crippen LogP contribution is -2.50. The Balaban J connectivity index is 1.68. The lowest BCUT2D eigenvalue weighted by molar-refractivity contribution is -0.0591. The Morgan fingerprint density at radius 1 is 1.18 bits per heavy atom. The molecule has 0 saturated carbocycles. The van der Waals surface area contributed by atoms with E-state index in [0.29, 0.717) is 22.3 Å². The van der Waals surface area contributed by atoms with Crippen LogP contribution in [0.4, 0.5) is 8.78 Å². The van der Waals surface area contributed by atoms with Gasteiger partial charge in [-0.3, -0.25) is 9.88 Å². The largest absolute Gasteiger partial charge is 0.381 e. The minimum absolute atomic E-state index is 0.131. The fraction of sp³-hybridized carbons (Fsp3) is 0.240. The first-order valence-corrected chi connectivity index (χ1v) is 10.8. The van der Waals surface area contributed by atoms with Gasteiger partial charge in [0, 0.05) is 45.1 Å². The molecular formula is C25H24ClF2N5O. The van der Waals surface area contributed by atoms with Gasteiger partial charge < -0.3 is 5.11 Å². The summed E-state index contributed by atoms with van der Waals surface area (Å²) in [5.74, 6) is -1.83. The Bertz CT molecular complexity index is 1340. The van der Waals surface area contributed by atoms with Crippen molar-refractivity contribution in [3.8, 4) is 11.3 Å². The molecule has 2 heterocycles. The van der Waals surface area contributed by atoms with Crippen molar-refractivity contribution in [2.75, 3.05) is 6.98 Å². The van der Waals surface area contributed by atoms with Gasteiger partial charge >= 0.3 is 0 Å². The zero-order valence-corrected chi connectivity index (χ0v) is 19.0. The monoisotopic (exact) mass is 486 g/mol. The van der Waals surface area contributed by atoms with Crippen molar-refractivity contribution < 1.29 is 18.0 Å². The van der Waals surface area contributed by atoms with Crippen molar-refractivity contribution in [3.63, 3.8) is 0 Å². The molecule has 6 nitrogen and oxygen atoms in total. The Morgan fingerprint density at radius 2 is 1.97 bits per heavy atom. The van der Waals surface area contributed by atoms with Gasteiger partial charge in [0.15, 0.2) is 0 Å². The molecule has 2 atom stereocenters. The topological polar surface area (TPSA) is 67.1 Å².